The van der Waals surface area contributed by atoms with Gasteiger partial charge in [0.2, 0.25) is 0 Å². The van der Waals surface area contributed by atoms with Gasteiger partial charge in [0, 0.05) is 63.2 Å². The minimum Gasteiger partial charge on any atom is -0.352 e. The van der Waals surface area contributed by atoms with Crippen molar-refractivity contribution in [3.8, 4) is 11.1 Å². The maximum Gasteiger partial charge on any atom is 0.274 e. The van der Waals surface area contributed by atoms with Gasteiger partial charge in [0.1, 0.15) is 11.4 Å². The quantitative estimate of drug-likeness (QED) is 0.198. The van der Waals surface area contributed by atoms with Crippen molar-refractivity contribution in [3.05, 3.63) is 106 Å². The number of amides is 2. The molecule has 2 N–H and O–H groups in total. The van der Waals surface area contributed by atoms with Gasteiger partial charge in [-0.15, -0.1) is 0 Å². The van der Waals surface area contributed by atoms with Gasteiger partial charge in [-0.3, -0.25) is 19.6 Å². The number of carbonyl (C=O) groups is 2. The van der Waals surface area contributed by atoms with Crippen molar-refractivity contribution in [1.82, 2.24) is 9.97 Å². The van der Waals surface area contributed by atoms with Crippen LogP contribution in [0.5, 0.6) is 0 Å². The zero-order valence-corrected chi connectivity index (χ0v) is 24.6. The maximum atomic E-state index is 13.0. The summed E-state index contributed by atoms with van der Waals surface area (Å²) in [4.78, 5) is 34.4. The molecule has 11 heteroatoms. The Morgan fingerprint density at radius 1 is 0.667 bits per heavy atom. The summed E-state index contributed by atoms with van der Waals surface area (Å²) >= 11 is 6.78. The zero-order chi connectivity index (χ0) is 30.2. The number of anilines is 2. The van der Waals surface area contributed by atoms with Crippen molar-refractivity contribution in [3.63, 3.8) is 0 Å². The number of rotatable bonds is 11. The minimum absolute atomic E-state index is 0.202. The lowest BCUT2D eigenvalue weighted by Gasteiger charge is -2.16. The van der Waals surface area contributed by atoms with Gasteiger partial charge in [0.25, 0.3) is 11.8 Å². The standard InChI is InChI=1S/C31H31ClN4O6/c1-18-21(8-6-10-23(18)35-28(37)25-14-12-19(16-33-25)30(39-2)40-3)22-9-7-11-24(27(22)32)36-29(38)26-15-13-20(17-34-26)31(41-4)42-5/h6-17,30-31H,1-5H3,(H,35,37)(H,36,38). The molecule has 0 unspecified atom stereocenters. The van der Waals surface area contributed by atoms with Crippen molar-refractivity contribution < 1.29 is 28.5 Å². The Bertz CT molecular complexity index is 1420. The molecule has 0 aliphatic carbocycles. The molecule has 0 aliphatic heterocycles. The lowest BCUT2D eigenvalue weighted by molar-refractivity contribution is -0.106. The summed E-state index contributed by atoms with van der Waals surface area (Å²) in [6.45, 7) is 1.88. The molecule has 0 aliphatic rings. The highest BCUT2D eigenvalue weighted by Crippen LogP contribution is 2.37. The molecule has 10 nitrogen and oxygen atoms in total. The molecule has 2 amide bonds. The summed E-state index contributed by atoms with van der Waals surface area (Å²) in [5.41, 5.74) is 5.07. The number of halogens is 1. The number of carbonyl (C=O) groups excluding carboxylic acids is 2. The molecule has 0 saturated heterocycles. The first-order chi connectivity index (χ1) is 20.3. The van der Waals surface area contributed by atoms with Crippen molar-refractivity contribution in [2.24, 2.45) is 0 Å². The molecule has 4 rings (SSSR count). The average molecular weight is 591 g/mol. The van der Waals surface area contributed by atoms with E-state index in [1.54, 1.807) is 42.5 Å². The number of pyridine rings is 2. The fourth-order valence-corrected chi connectivity index (χ4v) is 4.64. The molecule has 0 fully saturated rings. The number of hydrogen-bond donors (Lipinski definition) is 2. The molecule has 4 aromatic rings. The Hall–Kier alpha value is -4.19. The number of aromatic nitrogens is 2. The van der Waals surface area contributed by atoms with Crippen LogP contribution in [0.2, 0.25) is 5.02 Å². The van der Waals surface area contributed by atoms with Crippen LogP contribution in [-0.4, -0.2) is 50.2 Å². The van der Waals surface area contributed by atoms with Crippen molar-refractivity contribution in [1.29, 1.82) is 0 Å². The van der Waals surface area contributed by atoms with Crippen LogP contribution < -0.4 is 10.6 Å². The van der Waals surface area contributed by atoms with Gasteiger partial charge in [-0.1, -0.05) is 48.0 Å². The Morgan fingerprint density at radius 3 is 1.57 bits per heavy atom. The van der Waals surface area contributed by atoms with Crippen molar-refractivity contribution in [2.75, 3.05) is 39.1 Å². The van der Waals surface area contributed by atoms with Crippen LogP contribution in [0, 0.1) is 6.92 Å². The maximum absolute atomic E-state index is 13.0. The molecule has 42 heavy (non-hydrogen) atoms. The molecular formula is C31H31ClN4O6. The number of hydrogen-bond acceptors (Lipinski definition) is 8. The first-order valence-electron chi connectivity index (χ1n) is 12.9. The van der Waals surface area contributed by atoms with Crippen LogP contribution in [0.1, 0.15) is 50.2 Å². The van der Waals surface area contributed by atoms with Gasteiger partial charge in [-0.05, 0) is 42.3 Å². The van der Waals surface area contributed by atoms with E-state index in [1.165, 1.54) is 40.8 Å². The summed E-state index contributed by atoms with van der Waals surface area (Å²) in [6, 6.07) is 17.5. The molecule has 2 heterocycles. The molecule has 2 aromatic carbocycles. The van der Waals surface area contributed by atoms with E-state index in [0.29, 0.717) is 33.1 Å². The predicted molar refractivity (Wildman–Crippen MR) is 160 cm³/mol. The Kier molecular flexibility index (Phi) is 10.3. The van der Waals surface area contributed by atoms with Crippen LogP contribution in [0.4, 0.5) is 11.4 Å². The summed E-state index contributed by atoms with van der Waals surface area (Å²) in [5.74, 6) is -0.799. The van der Waals surface area contributed by atoms with Gasteiger partial charge in [0.05, 0.1) is 10.7 Å². The number of methoxy groups -OCH3 is 4. The highest BCUT2D eigenvalue weighted by atomic mass is 35.5. The van der Waals surface area contributed by atoms with Crippen LogP contribution in [0.25, 0.3) is 11.1 Å². The second kappa shape index (κ2) is 14.1. The van der Waals surface area contributed by atoms with Gasteiger partial charge >= 0.3 is 0 Å². The second-order valence-corrected chi connectivity index (χ2v) is 9.49. The average Bonchev–Trinajstić information content (AvgIpc) is 3.01. The van der Waals surface area contributed by atoms with E-state index in [4.69, 9.17) is 30.5 Å². The molecule has 0 saturated carbocycles. The molecular weight excluding hydrogens is 560 g/mol. The van der Waals surface area contributed by atoms with Crippen LogP contribution >= 0.6 is 11.6 Å². The topological polar surface area (TPSA) is 121 Å². The highest BCUT2D eigenvalue weighted by molar-refractivity contribution is 6.36. The normalized spacial score (nSPS) is 11.1. The van der Waals surface area contributed by atoms with Crippen LogP contribution in [0.3, 0.4) is 0 Å². The second-order valence-electron chi connectivity index (χ2n) is 9.11. The number of benzene rings is 2. The van der Waals surface area contributed by atoms with E-state index < -0.39 is 18.5 Å². The Balaban J connectivity index is 1.53. The van der Waals surface area contributed by atoms with Crippen LogP contribution in [-0.2, 0) is 18.9 Å². The van der Waals surface area contributed by atoms with Crippen LogP contribution in [0.15, 0.2) is 73.1 Å². The van der Waals surface area contributed by atoms with E-state index in [2.05, 4.69) is 20.6 Å². The number of ether oxygens (including phenoxy) is 4. The monoisotopic (exact) mass is 590 g/mol. The smallest absolute Gasteiger partial charge is 0.274 e. The van der Waals surface area contributed by atoms with Crippen molar-refractivity contribution >= 4 is 34.8 Å². The fraction of sp³-hybridized carbons (Fsp3) is 0.226. The summed E-state index contributed by atoms with van der Waals surface area (Å²) < 4.78 is 20.9. The SMILES string of the molecule is COC(OC)c1ccc(C(=O)Nc2cccc(-c3cccc(NC(=O)c4ccc(C(OC)OC)cn4)c3Cl)c2C)nc1. The fourth-order valence-electron chi connectivity index (χ4n) is 4.37. The van der Waals surface area contributed by atoms with E-state index in [1.807, 2.05) is 25.1 Å². The zero-order valence-electron chi connectivity index (χ0n) is 23.8. The third kappa shape index (κ3) is 6.81. The van der Waals surface area contributed by atoms with Gasteiger partial charge in [-0.25, -0.2) is 0 Å². The first-order valence-corrected chi connectivity index (χ1v) is 13.2. The van der Waals surface area contributed by atoms with Crippen molar-refractivity contribution in [2.45, 2.75) is 19.5 Å². The third-order valence-corrected chi connectivity index (χ3v) is 6.96. The predicted octanol–water partition coefficient (Wildman–Crippen LogP) is 6.19. The van der Waals surface area contributed by atoms with E-state index >= 15 is 0 Å². The van der Waals surface area contributed by atoms with Gasteiger partial charge < -0.3 is 29.6 Å². The Morgan fingerprint density at radius 2 is 1.12 bits per heavy atom. The lowest BCUT2D eigenvalue weighted by atomic mass is 9.98. The summed E-state index contributed by atoms with van der Waals surface area (Å²) in [6.07, 6.45) is 1.91. The highest BCUT2D eigenvalue weighted by Gasteiger charge is 2.18. The molecule has 0 bridgehead atoms. The van der Waals surface area contributed by atoms with E-state index in [9.17, 15) is 9.59 Å². The Labute approximate surface area is 249 Å². The molecule has 0 atom stereocenters. The summed E-state index contributed by atoms with van der Waals surface area (Å²) in [5, 5.41) is 6.09. The van der Waals surface area contributed by atoms with Gasteiger partial charge in [-0.2, -0.15) is 0 Å². The lowest BCUT2D eigenvalue weighted by Crippen LogP contribution is -2.15. The van der Waals surface area contributed by atoms with E-state index in [0.717, 1.165) is 11.1 Å². The molecule has 2 aromatic heterocycles. The number of nitrogens with one attached hydrogen (secondary N) is 2. The number of nitrogens with zero attached hydrogens (tertiary/aromatic N) is 2. The van der Waals surface area contributed by atoms with E-state index in [-0.39, 0.29) is 17.3 Å². The third-order valence-electron chi connectivity index (χ3n) is 6.56. The first kappa shape index (κ1) is 30.8. The van der Waals surface area contributed by atoms with Gasteiger partial charge in [0.15, 0.2) is 12.6 Å². The largest absolute Gasteiger partial charge is 0.352 e. The molecule has 0 radical (unpaired) electrons. The summed E-state index contributed by atoms with van der Waals surface area (Å²) in [7, 11) is 6.09. The molecule has 0 spiro atoms. The molecule has 218 valence electrons. The minimum atomic E-state index is -0.578.